The van der Waals surface area contributed by atoms with Gasteiger partial charge in [0.2, 0.25) is 0 Å². The van der Waals surface area contributed by atoms with E-state index in [-0.39, 0.29) is 6.61 Å². The summed E-state index contributed by atoms with van der Waals surface area (Å²) in [5.74, 6) is 0. The lowest BCUT2D eigenvalue weighted by Gasteiger charge is -2.04. The fraction of sp³-hybridized carbons (Fsp3) is 0.200. The van der Waals surface area contributed by atoms with Crippen LogP contribution in [0.1, 0.15) is 12.0 Å². The van der Waals surface area contributed by atoms with Crippen LogP contribution in [0.4, 0.5) is 22.7 Å². The van der Waals surface area contributed by atoms with E-state index in [4.69, 9.17) is 28.0 Å². The molecule has 20 heavy (non-hydrogen) atoms. The molecule has 0 aliphatic rings. The van der Waals surface area contributed by atoms with Gasteiger partial charge in [-0.15, -0.1) is 0 Å². The van der Waals surface area contributed by atoms with E-state index in [1.54, 1.807) is 24.3 Å². The van der Waals surface area contributed by atoms with Gasteiger partial charge in [0, 0.05) is 18.0 Å². The lowest BCUT2D eigenvalue weighted by atomic mass is 10.1. The molecular weight excluding hydrogens is 252 g/mol. The summed E-state index contributed by atoms with van der Waals surface area (Å²) >= 11 is 0. The van der Waals surface area contributed by atoms with Gasteiger partial charge in [-0.2, -0.15) is 0 Å². The van der Waals surface area contributed by atoms with Gasteiger partial charge in [-0.1, -0.05) is 12.1 Å². The van der Waals surface area contributed by atoms with Gasteiger partial charge in [-0.05, 0) is 48.7 Å². The van der Waals surface area contributed by atoms with Gasteiger partial charge in [0.15, 0.2) is 0 Å². The van der Waals surface area contributed by atoms with Gasteiger partial charge in [-0.3, -0.25) is 0 Å². The first-order chi connectivity index (χ1) is 9.54. The standard InChI is InChI=1S/C9H14N2O.C6H8N2/c10-8-3-4-9(11)7(6-8)2-1-5-12;7-5-3-1-2-4-6(5)8/h3-4,6,12H,1-2,5,10-11H2;1-4H,7-8H2. The summed E-state index contributed by atoms with van der Waals surface area (Å²) in [6, 6.07) is 12.7. The van der Waals surface area contributed by atoms with Crippen LogP contribution in [0.5, 0.6) is 0 Å². The van der Waals surface area contributed by atoms with Crippen LogP contribution in [0.25, 0.3) is 0 Å². The zero-order chi connectivity index (χ0) is 15.0. The minimum atomic E-state index is 0.189. The molecule has 0 saturated heterocycles. The Hall–Kier alpha value is -2.40. The molecule has 0 saturated carbocycles. The smallest absolute Gasteiger partial charge is 0.0547 e. The predicted molar refractivity (Wildman–Crippen MR) is 85.9 cm³/mol. The maximum absolute atomic E-state index is 8.62. The van der Waals surface area contributed by atoms with Gasteiger partial charge in [0.05, 0.1) is 11.4 Å². The van der Waals surface area contributed by atoms with E-state index in [0.29, 0.717) is 11.4 Å². The second-order valence-electron chi connectivity index (χ2n) is 4.41. The molecule has 0 aliphatic carbocycles. The zero-order valence-corrected chi connectivity index (χ0v) is 11.4. The van der Waals surface area contributed by atoms with Crippen molar-refractivity contribution >= 4 is 22.7 Å². The Labute approximate surface area is 119 Å². The van der Waals surface area contributed by atoms with Gasteiger partial charge in [0.1, 0.15) is 0 Å². The minimum absolute atomic E-state index is 0.189. The lowest BCUT2D eigenvalue weighted by Crippen LogP contribution is -1.97. The van der Waals surface area contributed by atoms with Gasteiger partial charge in [-0.25, -0.2) is 0 Å². The second kappa shape index (κ2) is 7.91. The van der Waals surface area contributed by atoms with Crippen LogP contribution in [-0.2, 0) is 6.42 Å². The molecule has 0 radical (unpaired) electrons. The van der Waals surface area contributed by atoms with Crippen LogP contribution in [0.15, 0.2) is 42.5 Å². The Balaban J connectivity index is 0.000000217. The third-order valence-corrected chi connectivity index (χ3v) is 2.77. The summed E-state index contributed by atoms with van der Waals surface area (Å²) < 4.78 is 0. The van der Waals surface area contributed by atoms with E-state index in [1.165, 1.54) is 0 Å². The first-order valence-corrected chi connectivity index (χ1v) is 6.39. The van der Waals surface area contributed by atoms with Crippen LogP contribution >= 0.6 is 0 Å². The highest BCUT2D eigenvalue weighted by Gasteiger charge is 1.98. The number of nitrogen functional groups attached to an aromatic ring is 4. The molecule has 2 aromatic rings. The summed E-state index contributed by atoms with van der Waals surface area (Å²) in [7, 11) is 0. The molecular formula is C15H22N4O. The molecule has 0 bridgehead atoms. The van der Waals surface area contributed by atoms with Crippen LogP contribution in [-0.4, -0.2) is 11.7 Å². The number of benzene rings is 2. The number of aryl methyl sites for hydroxylation is 1. The average Bonchev–Trinajstić information content (AvgIpc) is 2.44. The van der Waals surface area contributed by atoms with E-state index in [1.807, 2.05) is 18.2 Å². The van der Waals surface area contributed by atoms with Crippen LogP contribution in [0, 0.1) is 0 Å². The minimum Gasteiger partial charge on any atom is -0.399 e. The normalized spacial score (nSPS) is 9.65. The summed E-state index contributed by atoms with van der Waals surface area (Å²) in [6.07, 6.45) is 1.51. The van der Waals surface area contributed by atoms with E-state index in [0.717, 1.165) is 29.8 Å². The maximum atomic E-state index is 8.62. The number of anilines is 4. The molecule has 0 spiro atoms. The summed E-state index contributed by atoms with van der Waals surface area (Å²) in [5, 5.41) is 8.62. The number of hydrogen-bond donors (Lipinski definition) is 5. The fourth-order valence-corrected chi connectivity index (χ4v) is 1.62. The highest BCUT2D eigenvalue weighted by Crippen LogP contribution is 2.16. The Morgan fingerprint density at radius 1 is 0.800 bits per heavy atom. The van der Waals surface area contributed by atoms with Crippen molar-refractivity contribution in [3.05, 3.63) is 48.0 Å². The molecule has 2 rings (SSSR count). The molecule has 0 aromatic heterocycles. The largest absolute Gasteiger partial charge is 0.399 e. The highest BCUT2D eigenvalue weighted by atomic mass is 16.2. The molecule has 0 heterocycles. The number of aliphatic hydroxyl groups excluding tert-OH is 1. The molecule has 0 fully saturated rings. The predicted octanol–water partition coefficient (Wildman–Crippen LogP) is 1.63. The molecule has 108 valence electrons. The van der Waals surface area contributed by atoms with Gasteiger partial charge in [0.25, 0.3) is 0 Å². The van der Waals surface area contributed by atoms with Crippen molar-refractivity contribution in [1.82, 2.24) is 0 Å². The molecule has 0 unspecified atom stereocenters. The SMILES string of the molecule is Nc1ccc(N)c(CCCO)c1.Nc1ccccc1N. The lowest BCUT2D eigenvalue weighted by molar-refractivity contribution is 0.288. The maximum Gasteiger partial charge on any atom is 0.0547 e. The van der Waals surface area contributed by atoms with Crippen molar-refractivity contribution in [3.63, 3.8) is 0 Å². The van der Waals surface area contributed by atoms with Crippen LogP contribution in [0.3, 0.4) is 0 Å². The van der Waals surface area contributed by atoms with E-state index in [2.05, 4.69) is 0 Å². The molecule has 0 atom stereocenters. The van der Waals surface area contributed by atoms with Crippen molar-refractivity contribution in [2.24, 2.45) is 0 Å². The summed E-state index contributed by atoms with van der Waals surface area (Å²) in [5.41, 5.74) is 25.8. The number of nitrogens with two attached hydrogens (primary N) is 4. The molecule has 5 heteroatoms. The van der Waals surface area contributed by atoms with Crippen molar-refractivity contribution in [2.75, 3.05) is 29.5 Å². The monoisotopic (exact) mass is 274 g/mol. The quantitative estimate of drug-likeness (QED) is 0.544. The highest BCUT2D eigenvalue weighted by molar-refractivity contribution is 5.62. The third-order valence-electron chi connectivity index (χ3n) is 2.77. The van der Waals surface area contributed by atoms with Crippen molar-refractivity contribution in [2.45, 2.75) is 12.8 Å². The molecule has 5 nitrogen and oxygen atoms in total. The van der Waals surface area contributed by atoms with Crippen LogP contribution in [0.2, 0.25) is 0 Å². The topological polar surface area (TPSA) is 124 Å². The van der Waals surface area contributed by atoms with Crippen LogP contribution < -0.4 is 22.9 Å². The molecule has 9 N–H and O–H groups in total. The third kappa shape index (κ3) is 5.07. The second-order valence-corrected chi connectivity index (χ2v) is 4.41. The Kier molecular flexibility index (Phi) is 6.19. The zero-order valence-electron chi connectivity index (χ0n) is 11.4. The Bertz CT molecular complexity index is 522. The number of para-hydroxylation sites is 2. The Morgan fingerprint density at radius 3 is 1.90 bits per heavy atom. The number of aliphatic hydroxyl groups is 1. The summed E-state index contributed by atoms with van der Waals surface area (Å²) in [4.78, 5) is 0. The fourth-order valence-electron chi connectivity index (χ4n) is 1.62. The number of hydrogen-bond acceptors (Lipinski definition) is 5. The van der Waals surface area contributed by atoms with Gasteiger partial charge < -0.3 is 28.0 Å². The number of rotatable bonds is 3. The molecule has 0 amide bonds. The average molecular weight is 274 g/mol. The van der Waals surface area contributed by atoms with E-state index < -0.39 is 0 Å². The van der Waals surface area contributed by atoms with E-state index in [9.17, 15) is 0 Å². The van der Waals surface area contributed by atoms with Crippen molar-refractivity contribution in [1.29, 1.82) is 0 Å². The van der Waals surface area contributed by atoms with Crippen molar-refractivity contribution < 1.29 is 5.11 Å². The Morgan fingerprint density at radius 2 is 1.40 bits per heavy atom. The van der Waals surface area contributed by atoms with E-state index >= 15 is 0 Å². The van der Waals surface area contributed by atoms with Gasteiger partial charge >= 0.3 is 0 Å². The first kappa shape index (κ1) is 15.7. The molecule has 0 aliphatic heterocycles. The molecule has 2 aromatic carbocycles. The summed E-state index contributed by atoms with van der Waals surface area (Å²) in [6.45, 7) is 0.189. The van der Waals surface area contributed by atoms with Crippen molar-refractivity contribution in [3.8, 4) is 0 Å². The first-order valence-electron chi connectivity index (χ1n) is 6.39.